The number of fused-ring (bicyclic) bond motifs is 8. The summed E-state index contributed by atoms with van der Waals surface area (Å²) in [7, 11) is 0. The molecule has 190 valence electrons. The van der Waals surface area contributed by atoms with E-state index in [4.69, 9.17) is 0 Å². The first-order valence-electron chi connectivity index (χ1n) is 13.0. The fourth-order valence-electron chi connectivity index (χ4n) is 5.60. The average molecular weight is 612 g/mol. The van der Waals surface area contributed by atoms with Crippen LogP contribution >= 0.6 is 31.9 Å². The van der Waals surface area contributed by atoms with Crippen LogP contribution in [0.3, 0.4) is 0 Å². The number of hydrogen-bond donors (Lipinski definition) is 4. The first-order valence-corrected chi connectivity index (χ1v) is 15.2. The number of aromatic amines is 2. The van der Waals surface area contributed by atoms with Gasteiger partial charge in [0.1, 0.15) is 0 Å². The summed E-state index contributed by atoms with van der Waals surface area (Å²) >= 11 is 7.28. The summed E-state index contributed by atoms with van der Waals surface area (Å²) in [5, 5.41) is 11.9. The Morgan fingerprint density at radius 2 is 1.56 bits per heavy atom. The van der Waals surface area contributed by atoms with E-state index in [9.17, 15) is 0 Å². The molecule has 2 aromatic heterocycles. The summed E-state index contributed by atoms with van der Waals surface area (Å²) in [6.45, 7) is 8.93. The second kappa shape index (κ2) is 10.7. The molecular formula is C30H36Br2N4. The van der Waals surface area contributed by atoms with Gasteiger partial charge in [0.25, 0.3) is 0 Å². The van der Waals surface area contributed by atoms with Gasteiger partial charge < -0.3 is 20.6 Å². The lowest BCUT2D eigenvalue weighted by Crippen LogP contribution is -2.25. The third kappa shape index (κ3) is 4.99. The Morgan fingerprint density at radius 1 is 0.806 bits per heavy atom. The van der Waals surface area contributed by atoms with Crippen molar-refractivity contribution in [1.82, 2.24) is 20.6 Å². The number of aryl methyl sites for hydroxylation is 1. The van der Waals surface area contributed by atoms with E-state index in [-0.39, 0.29) is 12.1 Å². The first kappa shape index (κ1) is 25.5. The van der Waals surface area contributed by atoms with E-state index in [1.807, 2.05) is 0 Å². The van der Waals surface area contributed by atoms with Crippen molar-refractivity contribution in [3.63, 3.8) is 0 Å². The Morgan fingerprint density at radius 3 is 2.33 bits per heavy atom. The van der Waals surface area contributed by atoms with Crippen LogP contribution in [0.2, 0.25) is 0 Å². The summed E-state index contributed by atoms with van der Waals surface area (Å²) in [6, 6.07) is 2.62. The third-order valence-electron chi connectivity index (χ3n) is 7.67. The molecule has 4 nitrogen and oxygen atoms in total. The van der Waals surface area contributed by atoms with Gasteiger partial charge in [0.05, 0.1) is 12.1 Å². The zero-order valence-electron chi connectivity index (χ0n) is 21.6. The van der Waals surface area contributed by atoms with E-state index in [0.717, 1.165) is 41.7 Å². The fraction of sp³-hybridized carbons (Fsp3) is 0.400. The van der Waals surface area contributed by atoms with E-state index >= 15 is 0 Å². The number of halogens is 2. The van der Waals surface area contributed by atoms with Crippen molar-refractivity contribution in [2.75, 3.05) is 10.7 Å². The van der Waals surface area contributed by atoms with E-state index < -0.39 is 0 Å². The first-order chi connectivity index (χ1) is 17.4. The van der Waals surface area contributed by atoms with Crippen LogP contribution in [0.15, 0.2) is 40.3 Å². The average Bonchev–Trinajstić information content (AvgIpc) is 3.53. The van der Waals surface area contributed by atoms with Crippen molar-refractivity contribution in [3.05, 3.63) is 79.0 Å². The largest absolute Gasteiger partial charge is 0.375 e. The van der Waals surface area contributed by atoms with Gasteiger partial charge in [0.2, 0.25) is 0 Å². The van der Waals surface area contributed by atoms with Crippen LogP contribution in [0.4, 0.5) is 0 Å². The second-order valence-corrected chi connectivity index (χ2v) is 11.8. The summed E-state index contributed by atoms with van der Waals surface area (Å²) in [5.74, 6) is 0. The number of alkyl halides is 2. The number of aromatic nitrogens is 2. The highest BCUT2D eigenvalue weighted by Gasteiger charge is 2.25. The van der Waals surface area contributed by atoms with Gasteiger partial charge >= 0.3 is 0 Å². The molecule has 2 unspecified atom stereocenters. The highest BCUT2D eigenvalue weighted by Crippen LogP contribution is 2.33. The van der Waals surface area contributed by atoms with Crippen molar-refractivity contribution >= 4 is 56.2 Å². The molecule has 0 amide bonds. The minimum absolute atomic E-state index is 0.172. The molecule has 3 aliphatic rings. The predicted octanol–water partition coefficient (Wildman–Crippen LogP) is 5.63. The fourth-order valence-corrected chi connectivity index (χ4v) is 6.16. The van der Waals surface area contributed by atoms with Crippen molar-refractivity contribution in [2.45, 2.75) is 65.5 Å². The van der Waals surface area contributed by atoms with Gasteiger partial charge in [-0.25, -0.2) is 0 Å². The smallest absolute Gasteiger partial charge is 0.0684 e. The Labute approximate surface area is 231 Å². The van der Waals surface area contributed by atoms with E-state index in [1.165, 1.54) is 61.5 Å². The molecule has 2 aromatic rings. The van der Waals surface area contributed by atoms with Crippen molar-refractivity contribution in [3.8, 4) is 0 Å². The monoisotopic (exact) mass is 610 g/mol. The number of H-pyrrole nitrogens is 2. The molecule has 36 heavy (non-hydrogen) atoms. The van der Waals surface area contributed by atoms with Crippen LogP contribution in [-0.2, 0) is 6.42 Å². The Balaban J connectivity index is 1.71. The molecule has 5 heterocycles. The summed E-state index contributed by atoms with van der Waals surface area (Å²) in [6.07, 6.45) is 15.9. The number of rotatable bonds is 6. The van der Waals surface area contributed by atoms with Crippen molar-refractivity contribution < 1.29 is 0 Å². The zero-order chi connectivity index (χ0) is 25.4. The molecule has 0 spiro atoms. The molecule has 0 aromatic carbocycles. The minimum Gasteiger partial charge on any atom is -0.375 e. The molecule has 0 saturated carbocycles. The van der Waals surface area contributed by atoms with Gasteiger partial charge in [-0.2, -0.15) is 0 Å². The Hall–Kier alpha value is -2.18. The highest BCUT2D eigenvalue weighted by molar-refractivity contribution is 9.09. The molecule has 0 saturated heterocycles. The highest BCUT2D eigenvalue weighted by atomic mass is 79.9. The van der Waals surface area contributed by atoms with Gasteiger partial charge in [0, 0.05) is 44.1 Å². The van der Waals surface area contributed by atoms with Gasteiger partial charge in [-0.15, -0.1) is 0 Å². The van der Waals surface area contributed by atoms with Crippen molar-refractivity contribution in [1.29, 1.82) is 0 Å². The van der Waals surface area contributed by atoms with Gasteiger partial charge in [-0.3, -0.25) is 0 Å². The SMILES string of the molecule is CC1=CC2/C=c3\[nH]/c(cc3C)=C\C3N/C(=C\c4[nH]c(c(C)c4CCCBr)/C=C/1N2)C(CCCBr)=C3C. The molecule has 0 radical (unpaired) electrons. The van der Waals surface area contributed by atoms with Gasteiger partial charge in [-0.1, -0.05) is 37.9 Å². The van der Waals surface area contributed by atoms with Crippen molar-refractivity contribution in [2.24, 2.45) is 0 Å². The van der Waals surface area contributed by atoms with Gasteiger partial charge in [-0.05, 0) is 117 Å². The van der Waals surface area contributed by atoms with Crippen LogP contribution in [0, 0.1) is 13.8 Å². The molecular weight excluding hydrogens is 576 g/mol. The number of hydrogen-bond acceptors (Lipinski definition) is 2. The van der Waals surface area contributed by atoms with Crippen LogP contribution in [0.1, 0.15) is 61.2 Å². The summed E-state index contributed by atoms with van der Waals surface area (Å²) in [4.78, 5) is 7.46. The molecule has 8 bridgehead atoms. The molecule has 3 aliphatic heterocycles. The second-order valence-electron chi connectivity index (χ2n) is 10.2. The van der Waals surface area contributed by atoms with E-state index in [2.05, 4.69) is 117 Å². The molecule has 4 N–H and O–H groups in total. The van der Waals surface area contributed by atoms with E-state index in [0.29, 0.717) is 0 Å². The Bertz CT molecular complexity index is 1410. The standard InChI is InChI=1S/C30H36Br2N4/c1-17-11-22-14-27-19(3)23(7-5-9-31)29(35-27)16-30-24(8-6-10-32)20(4)28(36-30)15-26-18(2)12-21(34-26)13-25(17)33-22/h11-16,21,27,33-36H,5-10H2,1-4H3/b22-14-,25-13-,26-15-,29-16-. The normalized spacial score (nSPS) is 25.6. The Kier molecular flexibility index (Phi) is 7.55. The zero-order valence-corrected chi connectivity index (χ0v) is 24.8. The maximum Gasteiger partial charge on any atom is 0.0684 e. The quantitative estimate of drug-likeness (QED) is 0.320. The lowest BCUT2D eigenvalue weighted by molar-refractivity contribution is 0.840. The maximum atomic E-state index is 3.86. The topological polar surface area (TPSA) is 55.6 Å². The van der Waals surface area contributed by atoms with Gasteiger partial charge in [0.15, 0.2) is 0 Å². The summed E-state index contributed by atoms with van der Waals surface area (Å²) < 4.78 is 0. The summed E-state index contributed by atoms with van der Waals surface area (Å²) in [5.41, 5.74) is 13.0. The van der Waals surface area contributed by atoms with Crippen LogP contribution in [0.25, 0.3) is 24.3 Å². The van der Waals surface area contributed by atoms with Crippen LogP contribution < -0.4 is 21.3 Å². The predicted molar refractivity (Wildman–Crippen MR) is 161 cm³/mol. The van der Waals surface area contributed by atoms with E-state index in [1.54, 1.807) is 0 Å². The lowest BCUT2D eigenvalue weighted by atomic mass is 9.99. The number of nitrogens with one attached hydrogen (secondary N) is 4. The minimum atomic E-state index is 0.172. The molecule has 0 fully saturated rings. The maximum absolute atomic E-state index is 3.86. The van der Waals surface area contributed by atoms with Crippen LogP contribution in [-0.4, -0.2) is 32.7 Å². The molecule has 6 heteroatoms. The molecule has 0 aliphatic carbocycles. The molecule has 5 rings (SSSR count). The number of allylic oxidation sites excluding steroid dienone is 2. The lowest BCUT2D eigenvalue weighted by Gasteiger charge is -2.10. The molecule has 2 atom stereocenters. The van der Waals surface area contributed by atoms with Crippen LogP contribution in [0.5, 0.6) is 0 Å². The third-order valence-corrected chi connectivity index (χ3v) is 8.79.